The second-order valence-electron chi connectivity index (χ2n) is 5.39. The van der Waals surface area contributed by atoms with E-state index in [1.807, 2.05) is 0 Å². The predicted octanol–water partition coefficient (Wildman–Crippen LogP) is 1.89. The highest BCUT2D eigenvalue weighted by atomic mass is 19.1. The van der Waals surface area contributed by atoms with Gasteiger partial charge in [-0.1, -0.05) is 0 Å². The minimum absolute atomic E-state index is 0.211. The zero-order valence-electron chi connectivity index (χ0n) is 13.7. The number of halogens is 2. The van der Waals surface area contributed by atoms with Crippen LogP contribution in [0.15, 0.2) is 30.5 Å². The van der Waals surface area contributed by atoms with Gasteiger partial charge >= 0.3 is 5.97 Å². The maximum absolute atomic E-state index is 13.6. The lowest BCUT2D eigenvalue weighted by Gasteiger charge is -2.12. The largest absolute Gasteiger partial charge is 0.447 e. The summed E-state index contributed by atoms with van der Waals surface area (Å²) in [6.07, 6.45) is 0.259. The number of benzene rings is 1. The number of aromatic nitrogens is 4. The number of amides is 1. The fourth-order valence-electron chi connectivity index (χ4n) is 2.08. The van der Waals surface area contributed by atoms with E-state index in [9.17, 15) is 18.4 Å². The molecule has 1 amide bonds. The summed E-state index contributed by atoms with van der Waals surface area (Å²) in [5, 5.41) is 6.18. The van der Waals surface area contributed by atoms with Crippen LogP contribution in [0.3, 0.4) is 0 Å². The van der Waals surface area contributed by atoms with Gasteiger partial charge in [0.1, 0.15) is 11.6 Å². The van der Waals surface area contributed by atoms with E-state index < -0.39 is 29.6 Å². The molecule has 8 nitrogen and oxygen atoms in total. The third-order valence-corrected chi connectivity index (χ3v) is 3.45. The monoisotopic (exact) mass is 361 g/mol. The van der Waals surface area contributed by atoms with Gasteiger partial charge in [-0.05, 0) is 32.0 Å². The summed E-state index contributed by atoms with van der Waals surface area (Å²) in [7, 11) is 0. The molecule has 0 saturated carbocycles. The zero-order valence-corrected chi connectivity index (χ0v) is 13.7. The number of hydrogen-bond donors (Lipinski definition) is 1. The summed E-state index contributed by atoms with van der Waals surface area (Å²) in [4.78, 5) is 32.0. The van der Waals surface area contributed by atoms with Crippen LogP contribution in [-0.4, -0.2) is 37.6 Å². The van der Waals surface area contributed by atoms with E-state index in [-0.39, 0.29) is 17.3 Å². The van der Waals surface area contributed by atoms with Crippen molar-refractivity contribution >= 4 is 23.3 Å². The van der Waals surface area contributed by atoms with Crippen LogP contribution in [0.2, 0.25) is 0 Å². The maximum Gasteiger partial charge on any atom is 0.379 e. The number of nitrogens with zero attached hydrogens (tertiary/aromatic N) is 4. The molecule has 1 N–H and O–H groups in total. The molecule has 3 rings (SSSR count). The van der Waals surface area contributed by atoms with Gasteiger partial charge in [0.15, 0.2) is 6.10 Å². The lowest BCUT2D eigenvalue weighted by molar-refractivity contribution is -0.123. The van der Waals surface area contributed by atoms with Crippen molar-refractivity contribution in [3.8, 4) is 0 Å². The molecule has 3 aromatic rings. The van der Waals surface area contributed by atoms with Crippen LogP contribution in [0.25, 0.3) is 5.78 Å². The van der Waals surface area contributed by atoms with E-state index in [1.165, 1.54) is 17.6 Å². The van der Waals surface area contributed by atoms with Crippen LogP contribution in [0.5, 0.6) is 0 Å². The Morgan fingerprint density at radius 2 is 2.04 bits per heavy atom. The van der Waals surface area contributed by atoms with Gasteiger partial charge < -0.3 is 10.1 Å². The molecule has 0 aliphatic rings. The maximum atomic E-state index is 13.6. The molecule has 2 aromatic heterocycles. The first kappa shape index (κ1) is 17.4. The highest BCUT2D eigenvalue weighted by Gasteiger charge is 2.23. The summed E-state index contributed by atoms with van der Waals surface area (Å²) >= 11 is 0. The Bertz CT molecular complexity index is 1000. The highest BCUT2D eigenvalue weighted by molar-refractivity contribution is 5.96. The molecule has 1 atom stereocenters. The number of hydrogen-bond acceptors (Lipinski definition) is 6. The first-order valence-electron chi connectivity index (χ1n) is 7.50. The Hall–Kier alpha value is -3.43. The van der Waals surface area contributed by atoms with Crippen LogP contribution in [-0.2, 0) is 9.53 Å². The lowest BCUT2D eigenvalue weighted by atomic mass is 10.2. The third kappa shape index (κ3) is 3.48. The van der Waals surface area contributed by atoms with Gasteiger partial charge in [-0.3, -0.25) is 4.79 Å². The van der Waals surface area contributed by atoms with Crippen LogP contribution >= 0.6 is 0 Å². The average Bonchev–Trinajstić information content (AvgIpc) is 3.03. The Labute approximate surface area is 145 Å². The minimum Gasteiger partial charge on any atom is -0.447 e. The highest BCUT2D eigenvalue weighted by Crippen LogP contribution is 2.15. The average molecular weight is 361 g/mol. The Morgan fingerprint density at radius 1 is 1.27 bits per heavy atom. The molecule has 2 heterocycles. The van der Waals surface area contributed by atoms with E-state index in [1.54, 1.807) is 13.0 Å². The molecule has 26 heavy (non-hydrogen) atoms. The summed E-state index contributed by atoms with van der Waals surface area (Å²) in [6, 6.07) is 4.37. The summed E-state index contributed by atoms with van der Waals surface area (Å²) in [5.74, 6) is -3.50. The van der Waals surface area contributed by atoms with E-state index in [0.29, 0.717) is 11.8 Å². The lowest BCUT2D eigenvalue weighted by Crippen LogP contribution is -2.30. The van der Waals surface area contributed by atoms with E-state index in [0.717, 1.165) is 12.1 Å². The van der Waals surface area contributed by atoms with Gasteiger partial charge in [-0.15, -0.1) is 5.10 Å². The van der Waals surface area contributed by atoms with Gasteiger partial charge in [-0.2, -0.15) is 4.98 Å². The number of carbonyl (C=O) groups is 2. The molecule has 0 bridgehead atoms. The third-order valence-electron chi connectivity index (χ3n) is 3.45. The number of rotatable bonds is 4. The fraction of sp³-hybridized carbons (Fsp3) is 0.188. The molecule has 134 valence electrons. The predicted molar refractivity (Wildman–Crippen MR) is 85.4 cm³/mol. The SMILES string of the molecule is Cc1ccnc2nc(C(=O)OC(C)C(=O)Nc3ccc(F)cc3F)nn12. The number of fused-ring (bicyclic) bond motifs is 1. The number of aryl methyl sites for hydroxylation is 1. The summed E-state index contributed by atoms with van der Waals surface area (Å²) < 4.78 is 32.8. The van der Waals surface area contributed by atoms with Crippen molar-refractivity contribution in [3.63, 3.8) is 0 Å². The van der Waals surface area contributed by atoms with Crippen LogP contribution in [0.4, 0.5) is 14.5 Å². The molecule has 0 aliphatic carbocycles. The number of anilines is 1. The van der Waals surface area contributed by atoms with Crippen molar-refractivity contribution in [1.29, 1.82) is 0 Å². The summed E-state index contributed by atoms with van der Waals surface area (Å²) in [5.41, 5.74) is 0.476. The van der Waals surface area contributed by atoms with Crippen LogP contribution in [0, 0.1) is 18.6 Å². The van der Waals surface area contributed by atoms with Gasteiger partial charge in [0.25, 0.3) is 17.5 Å². The van der Waals surface area contributed by atoms with Crippen molar-refractivity contribution in [3.05, 3.63) is 53.6 Å². The second-order valence-corrected chi connectivity index (χ2v) is 5.39. The van der Waals surface area contributed by atoms with Gasteiger partial charge in [0.05, 0.1) is 5.69 Å². The molecule has 1 unspecified atom stereocenters. The first-order chi connectivity index (χ1) is 12.3. The van der Waals surface area contributed by atoms with Crippen molar-refractivity contribution in [2.45, 2.75) is 20.0 Å². The Balaban J connectivity index is 1.69. The van der Waals surface area contributed by atoms with Crippen LogP contribution < -0.4 is 5.32 Å². The number of nitrogens with one attached hydrogen (secondary N) is 1. The molecule has 10 heteroatoms. The Morgan fingerprint density at radius 3 is 2.73 bits per heavy atom. The van der Waals surface area contributed by atoms with Crippen molar-refractivity contribution < 1.29 is 23.1 Å². The van der Waals surface area contributed by atoms with E-state index >= 15 is 0 Å². The first-order valence-corrected chi connectivity index (χ1v) is 7.50. The molecular weight excluding hydrogens is 348 g/mol. The fourth-order valence-corrected chi connectivity index (χ4v) is 2.08. The molecular formula is C16H13F2N5O3. The van der Waals surface area contributed by atoms with E-state index in [2.05, 4.69) is 20.4 Å². The quantitative estimate of drug-likeness (QED) is 0.713. The number of ether oxygens (including phenoxy) is 1. The normalized spacial score (nSPS) is 12.0. The molecule has 0 radical (unpaired) electrons. The summed E-state index contributed by atoms with van der Waals surface area (Å²) in [6.45, 7) is 3.06. The van der Waals surface area contributed by atoms with Gasteiger partial charge in [0.2, 0.25) is 0 Å². The molecule has 0 spiro atoms. The molecule has 0 saturated heterocycles. The van der Waals surface area contributed by atoms with Gasteiger partial charge in [0, 0.05) is 18.0 Å². The van der Waals surface area contributed by atoms with Crippen LogP contribution in [0.1, 0.15) is 23.2 Å². The topological polar surface area (TPSA) is 98.5 Å². The van der Waals surface area contributed by atoms with Crippen molar-refractivity contribution in [2.75, 3.05) is 5.32 Å². The Kier molecular flexibility index (Phi) is 4.57. The molecule has 1 aromatic carbocycles. The molecule has 0 fully saturated rings. The van der Waals surface area contributed by atoms with E-state index in [4.69, 9.17) is 4.74 Å². The zero-order chi connectivity index (χ0) is 18.8. The second kappa shape index (κ2) is 6.82. The minimum atomic E-state index is -1.26. The number of carbonyl (C=O) groups excluding carboxylic acids is 2. The number of esters is 1. The van der Waals surface area contributed by atoms with Crippen molar-refractivity contribution in [1.82, 2.24) is 19.6 Å². The standard InChI is InChI=1S/C16H13F2N5O3/c1-8-5-6-19-16-21-13(22-23(8)16)15(25)26-9(2)14(24)20-12-4-3-10(17)7-11(12)18/h3-7,9H,1-2H3,(H,20,24). The smallest absolute Gasteiger partial charge is 0.379 e. The van der Waals surface area contributed by atoms with Crippen molar-refractivity contribution in [2.24, 2.45) is 0 Å². The molecule has 0 aliphatic heterocycles. The van der Waals surface area contributed by atoms with Gasteiger partial charge in [-0.25, -0.2) is 23.1 Å².